The minimum atomic E-state index is -1.20. The number of aromatic nitrogens is 4. The third kappa shape index (κ3) is 3.08. The van der Waals surface area contributed by atoms with Crippen LogP contribution in [-0.2, 0) is 10.5 Å². The standard InChI is InChI=1S/C17H18N4O4S/c22-7-12-13(23)14(24)17(25-12)21-15-11(6-20-21)16(19-9-18-15)26-8-10-4-2-1-3-5-10/h1-6,9,12-14,17,22-24H,7-8H2/t12-,13-,14-,17-/m1/s1. The summed E-state index contributed by atoms with van der Waals surface area (Å²) in [6.45, 7) is -0.388. The number of rotatable bonds is 5. The molecule has 3 N–H and O–H groups in total. The van der Waals surface area contributed by atoms with E-state index in [0.29, 0.717) is 5.65 Å². The minimum Gasteiger partial charge on any atom is -0.394 e. The van der Waals surface area contributed by atoms with Crippen molar-refractivity contribution in [1.29, 1.82) is 0 Å². The molecular formula is C17H18N4O4S. The molecule has 4 atom stereocenters. The topological polar surface area (TPSA) is 114 Å². The van der Waals surface area contributed by atoms with Crippen LogP contribution in [-0.4, -0.2) is 60.0 Å². The van der Waals surface area contributed by atoms with E-state index in [2.05, 4.69) is 15.1 Å². The average Bonchev–Trinajstić information content (AvgIpc) is 3.23. The lowest BCUT2D eigenvalue weighted by Crippen LogP contribution is -2.33. The van der Waals surface area contributed by atoms with Gasteiger partial charge in [-0.25, -0.2) is 14.6 Å². The Morgan fingerprint density at radius 1 is 1.12 bits per heavy atom. The summed E-state index contributed by atoms with van der Waals surface area (Å²) in [5.41, 5.74) is 1.69. The maximum atomic E-state index is 10.2. The Kier molecular flexibility index (Phi) is 4.88. The molecule has 0 radical (unpaired) electrons. The minimum absolute atomic E-state index is 0.388. The van der Waals surface area contributed by atoms with Crippen molar-refractivity contribution in [3.05, 3.63) is 48.4 Å². The summed E-state index contributed by atoms with van der Waals surface area (Å²) >= 11 is 1.57. The fraction of sp³-hybridized carbons (Fsp3) is 0.353. The van der Waals surface area contributed by atoms with Gasteiger partial charge in [0, 0.05) is 5.75 Å². The molecular weight excluding hydrogens is 356 g/mol. The van der Waals surface area contributed by atoms with Gasteiger partial charge in [0.15, 0.2) is 11.9 Å². The molecule has 1 aliphatic heterocycles. The summed E-state index contributed by atoms with van der Waals surface area (Å²) in [4.78, 5) is 8.59. The van der Waals surface area contributed by atoms with Gasteiger partial charge in [-0.15, -0.1) is 11.8 Å². The van der Waals surface area contributed by atoms with Gasteiger partial charge < -0.3 is 20.1 Å². The lowest BCUT2D eigenvalue weighted by Gasteiger charge is -2.15. The molecule has 1 saturated heterocycles. The number of fused-ring (bicyclic) bond motifs is 1. The number of thioether (sulfide) groups is 1. The van der Waals surface area contributed by atoms with E-state index < -0.39 is 24.5 Å². The van der Waals surface area contributed by atoms with Crippen LogP contribution < -0.4 is 0 Å². The highest BCUT2D eigenvalue weighted by atomic mass is 32.2. The van der Waals surface area contributed by atoms with Gasteiger partial charge in [-0.3, -0.25) is 0 Å². The monoisotopic (exact) mass is 374 g/mol. The molecule has 3 aromatic rings. The molecule has 1 aromatic carbocycles. The lowest BCUT2D eigenvalue weighted by atomic mass is 10.1. The first-order valence-electron chi connectivity index (χ1n) is 8.16. The summed E-state index contributed by atoms with van der Waals surface area (Å²) in [5.74, 6) is 0.756. The van der Waals surface area contributed by atoms with E-state index in [-0.39, 0.29) is 6.61 Å². The number of aliphatic hydroxyl groups is 3. The lowest BCUT2D eigenvalue weighted by molar-refractivity contribution is -0.0566. The molecule has 8 nitrogen and oxygen atoms in total. The number of nitrogens with zero attached hydrogens (tertiary/aromatic N) is 4. The first-order chi connectivity index (χ1) is 12.7. The molecule has 4 rings (SSSR count). The van der Waals surface area contributed by atoms with Crippen LogP contribution in [0.25, 0.3) is 11.0 Å². The third-order valence-corrected chi connectivity index (χ3v) is 5.41. The largest absolute Gasteiger partial charge is 0.394 e. The zero-order valence-corrected chi connectivity index (χ0v) is 14.5. The molecule has 26 heavy (non-hydrogen) atoms. The van der Waals surface area contributed by atoms with Crippen LogP contribution in [0.4, 0.5) is 0 Å². The Hall–Kier alpha value is -2.04. The molecule has 9 heteroatoms. The number of hydrogen-bond donors (Lipinski definition) is 3. The molecule has 0 unspecified atom stereocenters. The van der Waals surface area contributed by atoms with Crippen LogP contribution in [0.1, 0.15) is 11.8 Å². The Bertz CT molecular complexity index is 891. The second kappa shape index (κ2) is 7.29. The van der Waals surface area contributed by atoms with Crippen LogP contribution in [0.3, 0.4) is 0 Å². The maximum absolute atomic E-state index is 10.2. The summed E-state index contributed by atoms with van der Waals surface area (Å²) < 4.78 is 6.96. The van der Waals surface area contributed by atoms with Crippen molar-refractivity contribution in [2.45, 2.75) is 35.3 Å². The van der Waals surface area contributed by atoms with Gasteiger partial charge >= 0.3 is 0 Å². The van der Waals surface area contributed by atoms with E-state index in [1.54, 1.807) is 18.0 Å². The van der Waals surface area contributed by atoms with Crippen molar-refractivity contribution in [2.75, 3.05) is 6.61 Å². The van der Waals surface area contributed by atoms with Crippen molar-refractivity contribution in [2.24, 2.45) is 0 Å². The van der Waals surface area contributed by atoms with Gasteiger partial charge in [-0.2, -0.15) is 5.10 Å². The van der Waals surface area contributed by atoms with Crippen LogP contribution in [0.2, 0.25) is 0 Å². The number of hydrogen-bond acceptors (Lipinski definition) is 8. The highest BCUT2D eigenvalue weighted by Crippen LogP contribution is 2.33. The van der Waals surface area contributed by atoms with E-state index in [1.807, 2.05) is 30.3 Å². The number of ether oxygens (including phenoxy) is 1. The quantitative estimate of drug-likeness (QED) is 0.442. The summed E-state index contributed by atoms with van der Waals surface area (Å²) in [7, 11) is 0. The maximum Gasteiger partial charge on any atom is 0.181 e. The molecule has 136 valence electrons. The fourth-order valence-electron chi connectivity index (χ4n) is 2.95. The Balaban J connectivity index is 1.61. The molecule has 0 amide bonds. The highest BCUT2D eigenvalue weighted by Gasteiger charge is 2.44. The molecule has 0 aliphatic carbocycles. The molecule has 2 aromatic heterocycles. The molecule has 0 saturated carbocycles. The molecule has 0 bridgehead atoms. The summed E-state index contributed by atoms with van der Waals surface area (Å²) in [6.07, 6.45) is -1.10. The second-order valence-corrected chi connectivity index (χ2v) is 6.97. The summed E-state index contributed by atoms with van der Waals surface area (Å²) in [5, 5.41) is 35.2. The van der Waals surface area contributed by atoms with E-state index in [9.17, 15) is 15.3 Å². The smallest absolute Gasteiger partial charge is 0.181 e. The van der Waals surface area contributed by atoms with Crippen molar-refractivity contribution in [3.63, 3.8) is 0 Å². The Labute approximate surface area is 153 Å². The van der Waals surface area contributed by atoms with Gasteiger partial charge in [-0.1, -0.05) is 30.3 Å². The predicted octanol–water partition coefficient (Wildman–Crippen LogP) is 0.730. The molecule has 1 fully saturated rings. The zero-order valence-electron chi connectivity index (χ0n) is 13.7. The second-order valence-electron chi connectivity index (χ2n) is 6.01. The highest BCUT2D eigenvalue weighted by molar-refractivity contribution is 7.98. The van der Waals surface area contributed by atoms with Crippen molar-refractivity contribution in [3.8, 4) is 0 Å². The summed E-state index contributed by atoms with van der Waals surface area (Å²) in [6, 6.07) is 10.1. The first kappa shape index (κ1) is 17.4. The van der Waals surface area contributed by atoms with Crippen molar-refractivity contribution >= 4 is 22.8 Å². The van der Waals surface area contributed by atoms with Gasteiger partial charge in [0.05, 0.1) is 18.2 Å². The molecule has 3 heterocycles. The van der Waals surface area contributed by atoms with Gasteiger partial charge in [0.25, 0.3) is 0 Å². The van der Waals surface area contributed by atoms with E-state index in [4.69, 9.17) is 4.74 Å². The van der Waals surface area contributed by atoms with Gasteiger partial charge in [0.2, 0.25) is 0 Å². The van der Waals surface area contributed by atoms with Crippen LogP contribution in [0.15, 0.2) is 47.9 Å². The van der Waals surface area contributed by atoms with Crippen molar-refractivity contribution in [1.82, 2.24) is 19.7 Å². The van der Waals surface area contributed by atoms with E-state index in [1.165, 1.54) is 16.6 Å². The number of aliphatic hydroxyl groups excluding tert-OH is 3. The molecule has 0 spiro atoms. The first-order valence-corrected chi connectivity index (χ1v) is 9.15. The number of benzene rings is 1. The van der Waals surface area contributed by atoms with Crippen LogP contribution >= 0.6 is 11.8 Å². The van der Waals surface area contributed by atoms with Crippen LogP contribution in [0, 0.1) is 0 Å². The van der Waals surface area contributed by atoms with E-state index in [0.717, 1.165) is 16.2 Å². The van der Waals surface area contributed by atoms with E-state index >= 15 is 0 Å². The third-order valence-electron chi connectivity index (χ3n) is 4.33. The SMILES string of the molecule is OC[C@H]1O[C@@H](n2ncc3c(SCc4ccccc4)ncnc32)[C@H](O)[C@@H]1O. The van der Waals surface area contributed by atoms with Crippen molar-refractivity contribution < 1.29 is 20.1 Å². The molecule has 1 aliphatic rings. The fourth-order valence-corrected chi connectivity index (χ4v) is 3.87. The predicted molar refractivity (Wildman–Crippen MR) is 94.3 cm³/mol. The van der Waals surface area contributed by atoms with Crippen LogP contribution in [0.5, 0.6) is 0 Å². The Morgan fingerprint density at radius 2 is 1.92 bits per heavy atom. The van der Waals surface area contributed by atoms with Gasteiger partial charge in [-0.05, 0) is 5.56 Å². The normalized spacial score (nSPS) is 25.8. The Morgan fingerprint density at radius 3 is 2.65 bits per heavy atom. The zero-order chi connectivity index (χ0) is 18.1. The average molecular weight is 374 g/mol. The van der Waals surface area contributed by atoms with Gasteiger partial charge in [0.1, 0.15) is 29.7 Å².